The van der Waals surface area contributed by atoms with Crippen LogP contribution in [0.5, 0.6) is 0 Å². The van der Waals surface area contributed by atoms with Crippen LogP contribution in [0, 0.1) is 0 Å². The van der Waals surface area contributed by atoms with Crippen molar-refractivity contribution in [2.24, 2.45) is 4.99 Å². The third-order valence-electron chi connectivity index (χ3n) is 3.40. The third-order valence-corrected chi connectivity index (χ3v) is 5.64. The Morgan fingerprint density at radius 2 is 2.30 bits per heavy atom. The second-order valence-corrected chi connectivity index (χ2v) is 6.90. The summed E-state index contributed by atoms with van der Waals surface area (Å²) in [6.07, 6.45) is 0.925. The van der Waals surface area contributed by atoms with Crippen molar-refractivity contribution < 1.29 is 4.79 Å². The second kappa shape index (κ2) is 4.62. The van der Waals surface area contributed by atoms with E-state index in [0.29, 0.717) is 5.02 Å². The van der Waals surface area contributed by atoms with Gasteiger partial charge in [-0.2, -0.15) is 0 Å². The predicted molar refractivity (Wildman–Crippen MR) is 86.4 cm³/mol. The Morgan fingerprint density at radius 3 is 3.15 bits per heavy atom. The summed E-state index contributed by atoms with van der Waals surface area (Å²) in [7, 11) is 0. The monoisotopic (exact) mass is 320 g/mol. The first kappa shape index (κ1) is 12.4. The van der Waals surface area contributed by atoms with Gasteiger partial charge >= 0.3 is 0 Å². The highest BCUT2D eigenvalue weighted by Gasteiger charge is 2.33. The van der Waals surface area contributed by atoms with E-state index in [1.807, 2.05) is 18.2 Å². The zero-order valence-electron chi connectivity index (χ0n) is 10.3. The van der Waals surface area contributed by atoms with E-state index in [1.165, 1.54) is 16.5 Å². The average molecular weight is 321 g/mol. The van der Waals surface area contributed by atoms with Gasteiger partial charge in [-0.05, 0) is 30.0 Å². The molecule has 0 aliphatic carbocycles. The van der Waals surface area contributed by atoms with E-state index in [1.54, 1.807) is 11.3 Å². The van der Waals surface area contributed by atoms with Crippen LogP contribution < -0.4 is 0 Å². The first-order valence-corrected chi connectivity index (χ1v) is 8.22. The van der Waals surface area contributed by atoms with Crippen LogP contribution in [0.15, 0.2) is 33.5 Å². The van der Waals surface area contributed by atoms with E-state index in [2.05, 4.69) is 15.3 Å². The number of hydrogen-bond acceptors (Lipinski definition) is 5. The van der Waals surface area contributed by atoms with Crippen LogP contribution in [0.25, 0.3) is 15.8 Å². The summed E-state index contributed by atoms with van der Waals surface area (Å²) >= 11 is 9.24. The summed E-state index contributed by atoms with van der Waals surface area (Å²) in [5.74, 6) is 0. The molecular weight excluding hydrogens is 312 g/mol. The van der Waals surface area contributed by atoms with Crippen molar-refractivity contribution in [3.63, 3.8) is 0 Å². The summed E-state index contributed by atoms with van der Waals surface area (Å²) in [6, 6.07) is 5.88. The maximum Gasteiger partial charge on any atom is 0.168 e. The van der Waals surface area contributed by atoms with Crippen LogP contribution in [0.1, 0.15) is 5.56 Å². The van der Waals surface area contributed by atoms with E-state index < -0.39 is 0 Å². The minimum Gasteiger partial charge on any atom is -0.317 e. The molecule has 1 aromatic heterocycles. The lowest BCUT2D eigenvalue weighted by atomic mass is 10.1. The number of carbonyl (C=O) groups is 1. The van der Waals surface area contributed by atoms with Gasteiger partial charge in [-0.3, -0.25) is 9.79 Å². The number of thioether (sulfide) groups is 1. The molecule has 0 N–H and O–H groups in total. The summed E-state index contributed by atoms with van der Waals surface area (Å²) in [5.41, 5.74) is 2.06. The molecule has 100 valence electrons. The highest BCUT2D eigenvalue weighted by Crippen LogP contribution is 2.44. The number of hydrogen-bond donors (Lipinski definition) is 0. The van der Waals surface area contributed by atoms with Gasteiger partial charge in [-0.15, -0.1) is 11.3 Å². The van der Waals surface area contributed by atoms with E-state index >= 15 is 0 Å². The van der Waals surface area contributed by atoms with E-state index in [9.17, 15) is 4.79 Å². The zero-order valence-corrected chi connectivity index (χ0v) is 12.7. The molecule has 0 saturated heterocycles. The largest absolute Gasteiger partial charge is 0.317 e. The molecule has 2 aliphatic rings. The van der Waals surface area contributed by atoms with Crippen molar-refractivity contribution in [2.75, 3.05) is 13.1 Å². The van der Waals surface area contributed by atoms with Crippen LogP contribution in [0.3, 0.4) is 0 Å². The van der Waals surface area contributed by atoms with Gasteiger partial charge in [-0.25, -0.2) is 0 Å². The van der Waals surface area contributed by atoms with Crippen LogP contribution in [-0.4, -0.2) is 29.4 Å². The van der Waals surface area contributed by atoms with Crippen LogP contribution in [0.2, 0.25) is 5.02 Å². The maximum atomic E-state index is 11.4. The van der Waals surface area contributed by atoms with E-state index in [4.69, 9.17) is 11.6 Å². The van der Waals surface area contributed by atoms with Crippen molar-refractivity contribution in [3.05, 3.63) is 39.1 Å². The van der Waals surface area contributed by atoms with Crippen LogP contribution >= 0.6 is 34.7 Å². The summed E-state index contributed by atoms with van der Waals surface area (Å²) in [5, 5.41) is 4.85. The van der Waals surface area contributed by atoms with Crippen molar-refractivity contribution >= 4 is 61.9 Å². The van der Waals surface area contributed by atoms with E-state index in [-0.39, 0.29) is 0 Å². The molecular formula is C14H9ClN2OS2. The maximum absolute atomic E-state index is 11.4. The van der Waals surface area contributed by atoms with Crippen LogP contribution in [0.4, 0.5) is 0 Å². The van der Waals surface area contributed by atoms with Gasteiger partial charge in [0, 0.05) is 32.6 Å². The van der Waals surface area contributed by atoms with E-state index in [0.717, 1.165) is 46.1 Å². The van der Waals surface area contributed by atoms with Gasteiger partial charge in [0.1, 0.15) is 0 Å². The number of fused-ring (bicyclic) bond motifs is 2. The molecule has 0 saturated carbocycles. The molecule has 0 spiro atoms. The number of thiophene rings is 1. The van der Waals surface area contributed by atoms with Gasteiger partial charge in [0.2, 0.25) is 0 Å². The number of aldehydes is 1. The summed E-state index contributed by atoms with van der Waals surface area (Å²) < 4.78 is 1.18. The molecule has 0 fully saturated rings. The number of carbonyl (C=O) groups excluding carboxylic acids is 1. The number of rotatable bonds is 2. The normalized spacial score (nSPS) is 17.9. The highest BCUT2D eigenvalue weighted by molar-refractivity contribution is 8.18. The van der Waals surface area contributed by atoms with Crippen molar-refractivity contribution in [1.29, 1.82) is 0 Å². The number of allylic oxidation sites excluding steroid dienone is 1. The van der Waals surface area contributed by atoms with Crippen molar-refractivity contribution in [1.82, 2.24) is 4.90 Å². The second-order valence-electron chi connectivity index (χ2n) is 4.54. The molecule has 3 heterocycles. The van der Waals surface area contributed by atoms with Crippen molar-refractivity contribution in [2.45, 2.75) is 0 Å². The Balaban J connectivity index is 1.95. The molecule has 0 unspecified atom stereocenters. The molecule has 0 bridgehead atoms. The minimum absolute atomic E-state index is 0.714. The van der Waals surface area contributed by atoms with Crippen LogP contribution in [-0.2, 0) is 4.79 Å². The molecule has 3 nitrogen and oxygen atoms in total. The number of halogens is 1. The quantitative estimate of drug-likeness (QED) is 0.788. The van der Waals surface area contributed by atoms with Gasteiger partial charge in [0.15, 0.2) is 11.5 Å². The predicted octanol–water partition coefficient (Wildman–Crippen LogP) is 3.84. The molecule has 0 radical (unpaired) electrons. The first-order valence-electron chi connectivity index (χ1n) is 6.14. The molecule has 2 aliphatic heterocycles. The number of nitrogens with zero attached hydrogens (tertiary/aromatic N) is 2. The SMILES string of the molecule is O=CC1=C(c2csc3ccc(Cl)cc23)N2CCN=C2S1. The van der Waals surface area contributed by atoms with Gasteiger partial charge < -0.3 is 4.90 Å². The molecule has 4 rings (SSSR count). The molecule has 6 heteroatoms. The van der Waals surface area contributed by atoms with Gasteiger partial charge in [0.05, 0.1) is 17.1 Å². The fraction of sp³-hybridized carbons (Fsp3) is 0.143. The van der Waals surface area contributed by atoms with Gasteiger partial charge in [0.25, 0.3) is 0 Å². The Labute approximate surface area is 128 Å². The van der Waals surface area contributed by atoms with Gasteiger partial charge in [-0.1, -0.05) is 11.6 Å². The Bertz CT molecular complexity index is 794. The fourth-order valence-electron chi connectivity index (χ4n) is 2.54. The summed E-state index contributed by atoms with van der Waals surface area (Å²) in [4.78, 5) is 18.7. The highest BCUT2D eigenvalue weighted by atomic mass is 35.5. The number of amidine groups is 1. The summed E-state index contributed by atoms with van der Waals surface area (Å²) in [6.45, 7) is 1.63. The smallest absolute Gasteiger partial charge is 0.168 e. The number of benzene rings is 1. The lowest BCUT2D eigenvalue weighted by Gasteiger charge is -2.16. The Morgan fingerprint density at radius 1 is 1.40 bits per heavy atom. The standard InChI is InChI=1S/C14H9ClN2OS2/c15-8-1-2-11-9(5-8)10(7-19-11)13-12(6-18)20-14-16-3-4-17(13)14/h1-2,5-7H,3-4H2. The zero-order chi connectivity index (χ0) is 13.7. The average Bonchev–Trinajstić information content (AvgIpc) is 3.11. The lowest BCUT2D eigenvalue weighted by molar-refractivity contribution is -0.104. The first-order chi connectivity index (χ1) is 9.78. The number of aliphatic imine (C=N–C) groups is 1. The molecule has 2 aromatic rings. The third kappa shape index (κ3) is 1.74. The Hall–Kier alpha value is -1.30. The molecule has 1 aromatic carbocycles. The topological polar surface area (TPSA) is 32.7 Å². The lowest BCUT2D eigenvalue weighted by Crippen LogP contribution is -2.19. The molecule has 0 amide bonds. The molecule has 0 atom stereocenters. The minimum atomic E-state index is 0.714. The fourth-order valence-corrected chi connectivity index (χ4v) is 4.65. The Kier molecular flexibility index (Phi) is 2.87. The molecule has 20 heavy (non-hydrogen) atoms. The van der Waals surface area contributed by atoms with Crippen molar-refractivity contribution in [3.8, 4) is 0 Å².